The Morgan fingerprint density at radius 2 is 2.17 bits per heavy atom. The summed E-state index contributed by atoms with van der Waals surface area (Å²) in [4.78, 5) is -0.0174. The predicted octanol–water partition coefficient (Wildman–Crippen LogP) is 2.56. The van der Waals surface area contributed by atoms with Gasteiger partial charge in [-0.2, -0.15) is 0 Å². The van der Waals surface area contributed by atoms with Crippen LogP contribution in [0.1, 0.15) is 18.9 Å². The zero-order valence-corrected chi connectivity index (χ0v) is 13.3. The largest absolute Gasteiger partial charge is 0.392 e. The third-order valence-electron chi connectivity index (χ3n) is 2.49. The smallest absolute Gasteiger partial charge is 0.242 e. The van der Waals surface area contributed by atoms with Crippen LogP contribution in [0.3, 0.4) is 0 Å². The van der Waals surface area contributed by atoms with E-state index in [2.05, 4.69) is 20.7 Å². The van der Waals surface area contributed by atoms with E-state index in [1.807, 2.05) is 13.0 Å². The number of halogens is 1. The van der Waals surface area contributed by atoms with Crippen LogP contribution in [0, 0.1) is 6.92 Å². The van der Waals surface area contributed by atoms with E-state index in [0.29, 0.717) is 12.1 Å². The first kappa shape index (κ1) is 15.4. The summed E-state index contributed by atoms with van der Waals surface area (Å²) in [5, 5.41) is -0.854. The van der Waals surface area contributed by atoms with Crippen LogP contribution in [0.5, 0.6) is 0 Å². The molecule has 0 bridgehead atoms. The lowest BCUT2D eigenvalue weighted by molar-refractivity contribution is 0.594. The van der Waals surface area contributed by atoms with Crippen LogP contribution in [0.25, 0.3) is 0 Å². The summed E-state index contributed by atoms with van der Waals surface area (Å²) < 4.78 is 27.5. The van der Waals surface area contributed by atoms with E-state index in [4.69, 9.17) is 18.0 Å². The summed E-state index contributed by atoms with van der Waals surface area (Å²) >= 11 is 8.13. The van der Waals surface area contributed by atoms with E-state index >= 15 is 0 Å². The Kier molecular flexibility index (Phi) is 5.12. The molecular weight excluding hydrogens is 336 g/mol. The lowest BCUT2D eigenvalue weighted by atomic mass is 10.2. The summed E-state index contributed by atoms with van der Waals surface area (Å²) in [6, 6.07) is 5.23. The number of sulfonamides is 1. The van der Waals surface area contributed by atoms with Gasteiger partial charge in [0.25, 0.3) is 0 Å². The molecule has 1 rings (SSSR count). The molecular formula is C11H15BrN2O2S2. The lowest BCUT2D eigenvalue weighted by Crippen LogP contribution is -2.37. The molecule has 0 spiro atoms. The van der Waals surface area contributed by atoms with Gasteiger partial charge in [0.15, 0.2) is 0 Å². The molecule has 7 heteroatoms. The Hall–Kier alpha value is -0.660. The van der Waals surface area contributed by atoms with Gasteiger partial charge in [0.05, 0.1) is 4.99 Å². The van der Waals surface area contributed by atoms with E-state index in [0.717, 1.165) is 10.0 Å². The zero-order valence-electron chi connectivity index (χ0n) is 10.1. The fraction of sp³-hybridized carbons (Fsp3) is 0.364. The second-order valence-electron chi connectivity index (χ2n) is 3.91. The monoisotopic (exact) mass is 350 g/mol. The van der Waals surface area contributed by atoms with E-state index in [1.165, 1.54) is 0 Å². The minimum atomic E-state index is -3.59. The van der Waals surface area contributed by atoms with E-state index in [9.17, 15) is 8.42 Å². The van der Waals surface area contributed by atoms with Crippen molar-refractivity contribution in [2.75, 3.05) is 4.72 Å². The molecule has 1 unspecified atom stereocenters. The standard InChI is InChI=1S/C11H15BrN2O2S2/c1-3-10(11(13)17)18(15,16)14-8-5-4-7(2)9(12)6-8/h4-6,10,14H,3H2,1-2H3,(H2,13,17). The van der Waals surface area contributed by atoms with Crippen molar-refractivity contribution in [3.05, 3.63) is 28.2 Å². The summed E-state index contributed by atoms with van der Waals surface area (Å²) in [5.41, 5.74) is 6.96. The molecule has 0 saturated heterocycles. The Bertz CT molecular complexity index is 558. The first-order valence-corrected chi connectivity index (χ1v) is 8.09. The molecule has 100 valence electrons. The molecule has 0 fully saturated rings. The third kappa shape index (κ3) is 3.66. The van der Waals surface area contributed by atoms with Gasteiger partial charge in [0.2, 0.25) is 10.0 Å². The Morgan fingerprint density at radius 3 is 2.61 bits per heavy atom. The Balaban J connectivity index is 3.01. The SMILES string of the molecule is CCC(C(N)=S)S(=O)(=O)Nc1ccc(C)c(Br)c1. The van der Waals surface area contributed by atoms with Gasteiger partial charge in [-0.15, -0.1) is 0 Å². The number of rotatable bonds is 5. The van der Waals surface area contributed by atoms with Crippen LogP contribution in [0.4, 0.5) is 5.69 Å². The second kappa shape index (κ2) is 5.99. The normalized spacial score (nSPS) is 13.1. The van der Waals surface area contributed by atoms with E-state index in [1.54, 1.807) is 19.1 Å². The maximum Gasteiger partial charge on any atom is 0.242 e. The molecule has 1 aromatic carbocycles. The molecule has 0 heterocycles. The number of thiocarbonyl (C=S) groups is 1. The van der Waals surface area contributed by atoms with Crippen LogP contribution in [0.2, 0.25) is 0 Å². The summed E-state index contributed by atoms with van der Waals surface area (Å²) in [7, 11) is -3.59. The first-order chi connectivity index (χ1) is 8.27. The number of nitrogens with two attached hydrogens (primary N) is 1. The van der Waals surface area contributed by atoms with Crippen molar-refractivity contribution in [3.8, 4) is 0 Å². The molecule has 0 aliphatic rings. The summed E-state index contributed by atoms with van der Waals surface area (Å²) in [6.07, 6.45) is 0.345. The number of benzene rings is 1. The van der Waals surface area contributed by atoms with Crippen molar-refractivity contribution < 1.29 is 8.42 Å². The molecule has 1 aromatic rings. The molecule has 0 saturated carbocycles. The first-order valence-electron chi connectivity index (χ1n) is 5.35. The van der Waals surface area contributed by atoms with Gasteiger partial charge in [-0.05, 0) is 31.0 Å². The fourth-order valence-corrected chi connectivity index (χ4v) is 3.73. The van der Waals surface area contributed by atoms with Gasteiger partial charge in [-0.1, -0.05) is 41.1 Å². The average Bonchev–Trinajstić information content (AvgIpc) is 2.22. The van der Waals surface area contributed by atoms with Crippen LogP contribution in [0.15, 0.2) is 22.7 Å². The summed E-state index contributed by atoms with van der Waals surface area (Å²) in [6.45, 7) is 3.65. The fourth-order valence-electron chi connectivity index (χ4n) is 1.47. The Morgan fingerprint density at radius 1 is 1.56 bits per heavy atom. The minimum Gasteiger partial charge on any atom is -0.392 e. The zero-order chi connectivity index (χ0) is 13.9. The highest BCUT2D eigenvalue weighted by atomic mass is 79.9. The lowest BCUT2D eigenvalue weighted by Gasteiger charge is -2.16. The van der Waals surface area contributed by atoms with E-state index < -0.39 is 15.3 Å². The number of aryl methyl sites for hydroxylation is 1. The molecule has 0 aliphatic carbocycles. The molecule has 4 nitrogen and oxygen atoms in total. The van der Waals surface area contributed by atoms with Crippen molar-refractivity contribution in [3.63, 3.8) is 0 Å². The van der Waals surface area contributed by atoms with E-state index in [-0.39, 0.29) is 4.99 Å². The van der Waals surface area contributed by atoms with Crippen molar-refractivity contribution in [1.29, 1.82) is 0 Å². The van der Waals surface area contributed by atoms with Crippen molar-refractivity contribution in [2.45, 2.75) is 25.5 Å². The maximum atomic E-state index is 12.1. The van der Waals surface area contributed by atoms with Gasteiger partial charge in [-0.25, -0.2) is 8.42 Å². The van der Waals surface area contributed by atoms with Crippen LogP contribution < -0.4 is 10.5 Å². The topological polar surface area (TPSA) is 72.2 Å². The van der Waals surface area contributed by atoms with Gasteiger partial charge in [0.1, 0.15) is 5.25 Å². The summed E-state index contributed by atoms with van der Waals surface area (Å²) in [5.74, 6) is 0. The number of hydrogen-bond acceptors (Lipinski definition) is 3. The van der Waals surface area contributed by atoms with Crippen LogP contribution in [-0.4, -0.2) is 18.7 Å². The molecule has 1 atom stereocenters. The van der Waals surface area contributed by atoms with Crippen LogP contribution >= 0.6 is 28.1 Å². The molecule has 0 radical (unpaired) electrons. The second-order valence-corrected chi connectivity index (χ2v) is 7.10. The van der Waals surface area contributed by atoms with Gasteiger partial charge < -0.3 is 5.73 Å². The van der Waals surface area contributed by atoms with Crippen molar-refractivity contribution in [1.82, 2.24) is 0 Å². The Labute approximate surface area is 121 Å². The highest BCUT2D eigenvalue weighted by Gasteiger charge is 2.26. The quantitative estimate of drug-likeness (QED) is 0.800. The highest BCUT2D eigenvalue weighted by molar-refractivity contribution is 9.10. The van der Waals surface area contributed by atoms with Gasteiger partial charge >= 0.3 is 0 Å². The predicted molar refractivity (Wildman–Crippen MR) is 82.3 cm³/mol. The van der Waals surface area contributed by atoms with Crippen molar-refractivity contribution in [2.24, 2.45) is 5.73 Å². The van der Waals surface area contributed by atoms with Crippen LogP contribution in [-0.2, 0) is 10.0 Å². The van der Waals surface area contributed by atoms with Gasteiger partial charge in [-0.3, -0.25) is 4.72 Å². The molecule has 0 aromatic heterocycles. The molecule has 0 aliphatic heterocycles. The van der Waals surface area contributed by atoms with Crippen molar-refractivity contribution >= 4 is 48.8 Å². The number of hydrogen-bond donors (Lipinski definition) is 2. The highest BCUT2D eigenvalue weighted by Crippen LogP contribution is 2.22. The number of anilines is 1. The average molecular weight is 351 g/mol. The maximum absolute atomic E-state index is 12.1. The molecule has 3 N–H and O–H groups in total. The molecule has 18 heavy (non-hydrogen) atoms. The van der Waals surface area contributed by atoms with Gasteiger partial charge in [0, 0.05) is 10.2 Å². The molecule has 0 amide bonds. The minimum absolute atomic E-state index is 0.0174. The number of nitrogens with one attached hydrogen (secondary N) is 1. The third-order valence-corrected chi connectivity index (χ3v) is 5.64.